The molecule has 0 fully saturated rings. The highest BCUT2D eigenvalue weighted by atomic mass is 28.4. The van der Waals surface area contributed by atoms with Gasteiger partial charge in [-0.25, -0.2) is 0 Å². The molecule has 0 atom stereocenters. The first kappa shape index (κ1) is 30.1. The molecular weight excluding hydrogens is 484 g/mol. The molecule has 4 heteroatoms. The van der Waals surface area contributed by atoms with E-state index in [1.807, 2.05) is 12.1 Å². The van der Waals surface area contributed by atoms with E-state index in [-0.39, 0.29) is 5.04 Å². The Labute approximate surface area is 232 Å². The lowest BCUT2D eigenvalue weighted by atomic mass is 10.1. The second kappa shape index (κ2) is 15.9. The quantitative estimate of drug-likeness (QED) is 0.131. The first-order valence-electron chi connectivity index (χ1n) is 14.4. The van der Waals surface area contributed by atoms with Gasteiger partial charge in [0.25, 0.3) is 8.32 Å². The van der Waals surface area contributed by atoms with Gasteiger partial charge in [0.15, 0.2) is 0 Å². The van der Waals surface area contributed by atoms with Crippen LogP contribution in [0.3, 0.4) is 0 Å². The average Bonchev–Trinajstić information content (AvgIpc) is 2.94. The van der Waals surface area contributed by atoms with Crippen molar-refractivity contribution in [3.63, 3.8) is 0 Å². The Morgan fingerprint density at radius 2 is 1.05 bits per heavy atom. The minimum atomic E-state index is -2.39. The van der Waals surface area contributed by atoms with E-state index in [9.17, 15) is 0 Å². The van der Waals surface area contributed by atoms with Gasteiger partial charge in [-0.2, -0.15) is 0 Å². The van der Waals surface area contributed by atoms with E-state index in [2.05, 4.69) is 93.6 Å². The lowest BCUT2D eigenvalue weighted by molar-refractivity contribution is 0.116. The fourth-order valence-corrected chi connectivity index (χ4v) is 9.87. The fraction of sp³-hybridized carbons (Fsp3) is 0.471. The highest BCUT2D eigenvalue weighted by Crippen LogP contribution is 2.36. The lowest BCUT2D eigenvalue weighted by Crippen LogP contribution is -2.66. The summed E-state index contributed by atoms with van der Waals surface area (Å²) in [7, 11) is -0.698. The Kier molecular flexibility index (Phi) is 12.6. The van der Waals surface area contributed by atoms with Crippen LogP contribution in [0.4, 0.5) is 0 Å². The second-order valence-corrected chi connectivity index (χ2v) is 15.5. The van der Waals surface area contributed by atoms with Crippen LogP contribution in [0.5, 0.6) is 5.75 Å². The SMILES string of the molecule is COc1ccc(COCCCCCCCCCCO[Si](c2ccccc2)(c2ccccc2)C(C)(C)C)cc1. The molecule has 3 aromatic rings. The van der Waals surface area contributed by atoms with Crippen LogP contribution < -0.4 is 15.1 Å². The number of rotatable bonds is 17. The zero-order chi connectivity index (χ0) is 27.1. The summed E-state index contributed by atoms with van der Waals surface area (Å²) in [4.78, 5) is 0. The van der Waals surface area contributed by atoms with Crippen LogP contribution in [0.2, 0.25) is 5.04 Å². The van der Waals surface area contributed by atoms with Crippen molar-refractivity contribution in [3.05, 3.63) is 90.5 Å². The molecular formula is C34H48O3Si. The minimum absolute atomic E-state index is 0.0497. The van der Waals surface area contributed by atoms with Crippen molar-refractivity contribution >= 4 is 18.7 Å². The summed E-state index contributed by atoms with van der Waals surface area (Å²) in [6, 6.07) is 30.0. The van der Waals surface area contributed by atoms with Crippen molar-refractivity contribution < 1.29 is 13.9 Å². The summed E-state index contributed by atoms with van der Waals surface area (Å²) >= 11 is 0. The highest BCUT2D eigenvalue weighted by molar-refractivity contribution is 6.99. The molecule has 0 heterocycles. The van der Waals surface area contributed by atoms with Crippen molar-refractivity contribution in [2.75, 3.05) is 20.3 Å². The largest absolute Gasteiger partial charge is 0.497 e. The number of methoxy groups -OCH3 is 1. The van der Waals surface area contributed by atoms with Crippen LogP contribution in [-0.2, 0) is 15.8 Å². The predicted molar refractivity (Wildman–Crippen MR) is 163 cm³/mol. The van der Waals surface area contributed by atoms with Gasteiger partial charge in [0.2, 0.25) is 0 Å². The van der Waals surface area contributed by atoms with Crippen LogP contribution in [0.1, 0.15) is 77.7 Å². The number of unbranched alkanes of at least 4 members (excludes halogenated alkanes) is 7. The molecule has 0 aliphatic heterocycles. The maximum Gasteiger partial charge on any atom is 0.261 e. The number of hydrogen-bond donors (Lipinski definition) is 0. The summed E-state index contributed by atoms with van der Waals surface area (Å²) in [5.41, 5.74) is 1.20. The third-order valence-electron chi connectivity index (χ3n) is 7.35. The topological polar surface area (TPSA) is 27.7 Å². The van der Waals surface area contributed by atoms with Crippen molar-refractivity contribution in [1.29, 1.82) is 0 Å². The molecule has 0 amide bonds. The Balaban J connectivity index is 1.32. The summed E-state index contributed by atoms with van der Waals surface area (Å²) < 4.78 is 18.0. The molecule has 0 N–H and O–H groups in total. The van der Waals surface area contributed by atoms with Gasteiger partial charge in [-0.3, -0.25) is 0 Å². The third kappa shape index (κ3) is 8.83. The lowest BCUT2D eigenvalue weighted by Gasteiger charge is -2.43. The minimum Gasteiger partial charge on any atom is -0.497 e. The van der Waals surface area contributed by atoms with Crippen LogP contribution in [0.15, 0.2) is 84.9 Å². The smallest absolute Gasteiger partial charge is 0.261 e. The summed E-state index contributed by atoms with van der Waals surface area (Å²) in [5.74, 6) is 0.889. The van der Waals surface area contributed by atoms with Crippen molar-refractivity contribution in [3.8, 4) is 5.75 Å². The van der Waals surface area contributed by atoms with Gasteiger partial charge in [-0.15, -0.1) is 0 Å². The molecule has 206 valence electrons. The molecule has 0 aromatic heterocycles. The number of hydrogen-bond acceptors (Lipinski definition) is 3. The van der Waals surface area contributed by atoms with Gasteiger partial charge in [-0.05, 0) is 45.9 Å². The van der Waals surface area contributed by atoms with Gasteiger partial charge >= 0.3 is 0 Å². The molecule has 0 saturated carbocycles. The van der Waals surface area contributed by atoms with Crippen molar-refractivity contribution in [2.45, 2.75) is 83.8 Å². The van der Waals surface area contributed by atoms with Gasteiger partial charge < -0.3 is 13.9 Å². The van der Waals surface area contributed by atoms with E-state index >= 15 is 0 Å². The molecule has 3 rings (SSSR count). The average molecular weight is 533 g/mol. The number of ether oxygens (including phenoxy) is 2. The Hall–Kier alpha value is -2.40. The van der Waals surface area contributed by atoms with Crippen molar-refractivity contribution in [2.24, 2.45) is 0 Å². The molecule has 3 aromatic carbocycles. The van der Waals surface area contributed by atoms with Crippen molar-refractivity contribution in [1.82, 2.24) is 0 Å². The van der Waals surface area contributed by atoms with Crippen LogP contribution in [0, 0.1) is 0 Å². The summed E-state index contributed by atoms with van der Waals surface area (Å²) in [6.07, 6.45) is 9.97. The van der Waals surface area contributed by atoms with E-state index in [1.165, 1.54) is 54.5 Å². The second-order valence-electron chi connectivity index (χ2n) is 11.2. The monoisotopic (exact) mass is 532 g/mol. The van der Waals surface area contributed by atoms with Crippen LogP contribution >= 0.6 is 0 Å². The third-order valence-corrected chi connectivity index (χ3v) is 12.4. The number of benzene rings is 3. The van der Waals surface area contributed by atoms with E-state index in [1.54, 1.807) is 7.11 Å². The van der Waals surface area contributed by atoms with Gasteiger partial charge in [0.1, 0.15) is 5.75 Å². The van der Waals surface area contributed by atoms with E-state index in [0.717, 1.165) is 31.8 Å². The molecule has 0 unspecified atom stereocenters. The van der Waals surface area contributed by atoms with E-state index < -0.39 is 8.32 Å². The Morgan fingerprint density at radius 3 is 1.53 bits per heavy atom. The maximum absolute atomic E-state index is 7.01. The predicted octanol–water partition coefficient (Wildman–Crippen LogP) is 7.91. The fourth-order valence-electron chi connectivity index (χ4n) is 5.27. The molecule has 0 spiro atoms. The summed E-state index contributed by atoms with van der Waals surface area (Å²) in [5, 5.41) is 2.78. The van der Waals surface area contributed by atoms with E-state index in [4.69, 9.17) is 13.9 Å². The molecule has 0 radical (unpaired) electrons. The van der Waals surface area contributed by atoms with Gasteiger partial charge in [0, 0.05) is 13.2 Å². The molecule has 3 nitrogen and oxygen atoms in total. The Bertz CT molecular complexity index is 974. The zero-order valence-corrected chi connectivity index (χ0v) is 25.1. The first-order chi connectivity index (χ1) is 18.5. The van der Waals surface area contributed by atoms with E-state index in [0.29, 0.717) is 6.61 Å². The molecule has 0 aliphatic rings. The molecule has 0 bridgehead atoms. The standard InChI is InChI=1S/C34H48O3Si/c1-34(2,3)38(32-19-13-11-14-20-32,33-21-15-12-16-22-33)37-28-18-10-8-6-5-7-9-17-27-36-29-30-23-25-31(35-4)26-24-30/h11-16,19-26H,5-10,17-18,27-29H2,1-4H3. The first-order valence-corrected chi connectivity index (χ1v) is 16.3. The molecule has 38 heavy (non-hydrogen) atoms. The molecule has 0 saturated heterocycles. The van der Waals surface area contributed by atoms with Gasteiger partial charge in [0.05, 0.1) is 13.7 Å². The van der Waals surface area contributed by atoms with Crippen LogP contribution in [0.25, 0.3) is 0 Å². The molecule has 0 aliphatic carbocycles. The Morgan fingerprint density at radius 1 is 0.579 bits per heavy atom. The van der Waals surface area contributed by atoms with Crippen LogP contribution in [-0.4, -0.2) is 28.6 Å². The normalized spacial score (nSPS) is 12.0. The maximum atomic E-state index is 7.01. The zero-order valence-electron chi connectivity index (χ0n) is 24.1. The van der Waals surface area contributed by atoms with Gasteiger partial charge in [-0.1, -0.05) is 132 Å². The highest BCUT2D eigenvalue weighted by Gasteiger charge is 2.49. The summed E-state index contributed by atoms with van der Waals surface area (Å²) in [6.45, 7) is 9.40.